The molecule has 0 radical (unpaired) electrons. The highest BCUT2D eigenvalue weighted by Crippen LogP contribution is 2.34. The van der Waals surface area contributed by atoms with Crippen molar-refractivity contribution in [2.45, 2.75) is 45.7 Å². The highest BCUT2D eigenvalue weighted by molar-refractivity contribution is 5.78. The van der Waals surface area contributed by atoms with E-state index in [4.69, 9.17) is 4.74 Å². The van der Waals surface area contributed by atoms with Gasteiger partial charge in [0.25, 0.3) is 0 Å². The summed E-state index contributed by atoms with van der Waals surface area (Å²) >= 11 is 0. The minimum absolute atomic E-state index is 0.0845. The van der Waals surface area contributed by atoms with Gasteiger partial charge in [-0.3, -0.25) is 9.69 Å². The second-order valence-corrected chi connectivity index (χ2v) is 6.26. The maximum absolute atomic E-state index is 12.0. The molecular formula is C18H28N2O2. The van der Waals surface area contributed by atoms with Crippen LogP contribution in [-0.4, -0.2) is 37.0 Å². The summed E-state index contributed by atoms with van der Waals surface area (Å²) in [5, 5.41) is 2.99. The van der Waals surface area contributed by atoms with Gasteiger partial charge in [0.05, 0.1) is 13.2 Å². The van der Waals surface area contributed by atoms with Crippen LogP contribution in [0.5, 0.6) is 5.75 Å². The molecule has 2 rings (SSSR count). The SMILES string of the molecule is CCCOc1ccc(CNC(=O)CN(C)C(C)C2CC2)cc1. The summed E-state index contributed by atoms with van der Waals surface area (Å²) in [5.41, 5.74) is 1.09. The number of ether oxygens (including phenoxy) is 1. The molecule has 1 N–H and O–H groups in total. The van der Waals surface area contributed by atoms with Gasteiger partial charge in [-0.1, -0.05) is 19.1 Å². The van der Waals surface area contributed by atoms with Gasteiger partial charge in [-0.25, -0.2) is 0 Å². The lowest BCUT2D eigenvalue weighted by molar-refractivity contribution is -0.122. The fraction of sp³-hybridized carbons (Fsp3) is 0.611. The van der Waals surface area contributed by atoms with Crippen LogP contribution in [0.3, 0.4) is 0 Å². The summed E-state index contributed by atoms with van der Waals surface area (Å²) in [4.78, 5) is 14.2. The van der Waals surface area contributed by atoms with Crippen molar-refractivity contribution in [3.05, 3.63) is 29.8 Å². The summed E-state index contributed by atoms with van der Waals surface area (Å²) in [5.74, 6) is 1.75. The third kappa shape index (κ3) is 5.34. The largest absolute Gasteiger partial charge is 0.494 e. The van der Waals surface area contributed by atoms with Gasteiger partial charge in [0, 0.05) is 12.6 Å². The molecule has 0 aromatic heterocycles. The van der Waals surface area contributed by atoms with Crippen LogP contribution in [0.2, 0.25) is 0 Å². The van der Waals surface area contributed by atoms with Crippen molar-refractivity contribution in [2.75, 3.05) is 20.2 Å². The van der Waals surface area contributed by atoms with Crippen molar-refractivity contribution < 1.29 is 9.53 Å². The van der Waals surface area contributed by atoms with Crippen LogP contribution >= 0.6 is 0 Å². The van der Waals surface area contributed by atoms with Gasteiger partial charge in [-0.2, -0.15) is 0 Å². The van der Waals surface area contributed by atoms with Crippen molar-refractivity contribution in [3.8, 4) is 5.75 Å². The molecule has 122 valence electrons. The van der Waals surface area contributed by atoms with Crippen molar-refractivity contribution in [3.63, 3.8) is 0 Å². The first-order valence-electron chi connectivity index (χ1n) is 8.28. The zero-order valence-electron chi connectivity index (χ0n) is 14.0. The minimum atomic E-state index is 0.0845. The zero-order valence-corrected chi connectivity index (χ0v) is 14.0. The zero-order chi connectivity index (χ0) is 15.9. The van der Waals surface area contributed by atoms with E-state index < -0.39 is 0 Å². The predicted octanol–water partition coefficient (Wildman–Crippen LogP) is 2.82. The van der Waals surface area contributed by atoms with Gasteiger partial charge in [0.1, 0.15) is 5.75 Å². The monoisotopic (exact) mass is 304 g/mol. The number of likely N-dealkylation sites (N-methyl/N-ethyl adjacent to an activating group) is 1. The molecule has 0 bridgehead atoms. The number of carbonyl (C=O) groups excluding carboxylic acids is 1. The number of rotatable bonds is 9. The Balaban J connectivity index is 1.71. The van der Waals surface area contributed by atoms with E-state index >= 15 is 0 Å². The molecule has 0 aliphatic heterocycles. The van der Waals surface area contributed by atoms with E-state index in [0.717, 1.165) is 30.3 Å². The summed E-state index contributed by atoms with van der Waals surface area (Å²) in [6, 6.07) is 8.42. The van der Waals surface area contributed by atoms with Crippen LogP contribution in [0.25, 0.3) is 0 Å². The smallest absolute Gasteiger partial charge is 0.234 e. The lowest BCUT2D eigenvalue weighted by atomic mass is 10.2. The molecule has 0 spiro atoms. The number of amides is 1. The quantitative estimate of drug-likeness (QED) is 0.763. The first-order valence-corrected chi connectivity index (χ1v) is 8.28. The molecule has 4 nitrogen and oxygen atoms in total. The summed E-state index contributed by atoms with van der Waals surface area (Å²) in [6.07, 6.45) is 3.61. The van der Waals surface area contributed by atoms with E-state index in [1.165, 1.54) is 12.8 Å². The predicted molar refractivity (Wildman–Crippen MR) is 88.9 cm³/mol. The average Bonchev–Trinajstić information content (AvgIpc) is 3.36. The molecule has 1 aliphatic rings. The molecule has 1 saturated carbocycles. The molecule has 4 heteroatoms. The van der Waals surface area contributed by atoms with Crippen molar-refractivity contribution >= 4 is 5.91 Å². The Morgan fingerprint density at radius 1 is 1.36 bits per heavy atom. The van der Waals surface area contributed by atoms with Crippen molar-refractivity contribution in [2.24, 2.45) is 5.92 Å². The van der Waals surface area contributed by atoms with E-state index in [0.29, 0.717) is 19.1 Å². The summed E-state index contributed by atoms with van der Waals surface area (Å²) in [6.45, 7) is 6.07. The van der Waals surface area contributed by atoms with Crippen LogP contribution < -0.4 is 10.1 Å². The lowest BCUT2D eigenvalue weighted by Gasteiger charge is -2.23. The van der Waals surface area contributed by atoms with Crippen LogP contribution in [-0.2, 0) is 11.3 Å². The Morgan fingerprint density at radius 2 is 2.05 bits per heavy atom. The van der Waals surface area contributed by atoms with Gasteiger partial charge < -0.3 is 10.1 Å². The third-order valence-corrected chi connectivity index (χ3v) is 4.28. The Bertz CT molecular complexity index is 468. The molecule has 1 aromatic carbocycles. The van der Waals surface area contributed by atoms with E-state index in [9.17, 15) is 4.79 Å². The number of carbonyl (C=O) groups is 1. The number of nitrogens with one attached hydrogen (secondary N) is 1. The highest BCUT2D eigenvalue weighted by Gasteiger charge is 2.30. The maximum Gasteiger partial charge on any atom is 0.234 e. The van der Waals surface area contributed by atoms with Gasteiger partial charge in [-0.15, -0.1) is 0 Å². The Kier molecular flexibility index (Phi) is 6.25. The Hall–Kier alpha value is -1.55. The Morgan fingerprint density at radius 3 is 2.64 bits per heavy atom. The van der Waals surface area contributed by atoms with Gasteiger partial charge in [0.2, 0.25) is 5.91 Å². The second kappa shape index (κ2) is 8.18. The Labute approximate surface area is 133 Å². The summed E-state index contributed by atoms with van der Waals surface area (Å²) < 4.78 is 5.55. The first kappa shape index (κ1) is 16.8. The molecule has 1 aromatic rings. The number of hydrogen-bond donors (Lipinski definition) is 1. The summed E-state index contributed by atoms with van der Waals surface area (Å²) in [7, 11) is 2.03. The average molecular weight is 304 g/mol. The second-order valence-electron chi connectivity index (χ2n) is 6.26. The molecule has 22 heavy (non-hydrogen) atoms. The van der Waals surface area contributed by atoms with Crippen LogP contribution in [0.15, 0.2) is 24.3 Å². The molecule has 1 amide bonds. The highest BCUT2D eigenvalue weighted by atomic mass is 16.5. The number of benzene rings is 1. The lowest BCUT2D eigenvalue weighted by Crippen LogP contribution is -2.40. The first-order chi connectivity index (χ1) is 10.6. The molecule has 1 fully saturated rings. The van der Waals surface area contributed by atoms with Gasteiger partial charge in [0.15, 0.2) is 0 Å². The van der Waals surface area contributed by atoms with Crippen LogP contribution in [0.4, 0.5) is 0 Å². The van der Waals surface area contributed by atoms with Crippen LogP contribution in [0.1, 0.15) is 38.7 Å². The minimum Gasteiger partial charge on any atom is -0.494 e. The van der Waals surface area contributed by atoms with E-state index in [2.05, 4.69) is 24.1 Å². The topological polar surface area (TPSA) is 41.6 Å². The third-order valence-electron chi connectivity index (χ3n) is 4.28. The van der Waals surface area contributed by atoms with E-state index in [1.807, 2.05) is 31.3 Å². The number of nitrogens with zero attached hydrogens (tertiary/aromatic N) is 1. The maximum atomic E-state index is 12.0. The number of hydrogen-bond acceptors (Lipinski definition) is 3. The van der Waals surface area contributed by atoms with E-state index in [1.54, 1.807) is 0 Å². The fourth-order valence-electron chi connectivity index (χ4n) is 2.49. The van der Waals surface area contributed by atoms with Gasteiger partial charge >= 0.3 is 0 Å². The molecule has 1 aliphatic carbocycles. The van der Waals surface area contributed by atoms with E-state index in [-0.39, 0.29) is 5.91 Å². The van der Waals surface area contributed by atoms with Crippen LogP contribution in [0, 0.1) is 5.92 Å². The molecule has 0 saturated heterocycles. The van der Waals surface area contributed by atoms with Crippen molar-refractivity contribution in [1.82, 2.24) is 10.2 Å². The molecule has 1 unspecified atom stereocenters. The molecular weight excluding hydrogens is 276 g/mol. The van der Waals surface area contributed by atoms with Crippen molar-refractivity contribution in [1.29, 1.82) is 0 Å². The fourth-order valence-corrected chi connectivity index (χ4v) is 2.49. The standard InChI is InChI=1S/C18H28N2O2/c1-4-11-22-17-9-5-15(6-10-17)12-19-18(21)13-20(3)14(2)16-7-8-16/h5-6,9-10,14,16H,4,7-8,11-13H2,1-3H3,(H,19,21). The van der Waals surface area contributed by atoms with Gasteiger partial charge in [-0.05, 0) is 56.8 Å². The normalized spacial score (nSPS) is 15.6. The molecule has 0 heterocycles. The molecule has 1 atom stereocenters.